The van der Waals surface area contributed by atoms with Gasteiger partial charge in [0.1, 0.15) is 11.6 Å². The molecule has 19 heavy (non-hydrogen) atoms. The van der Waals surface area contributed by atoms with Crippen LogP contribution in [0.25, 0.3) is 0 Å². The van der Waals surface area contributed by atoms with E-state index in [9.17, 15) is 0 Å². The van der Waals surface area contributed by atoms with Crippen LogP contribution in [0.15, 0.2) is 0 Å². The van der Waals surface area contributed by atoms with E-state index in [1.54, 1.807) is 0 Å². The van der Waals surface area contributed by atoms with Gasteiger partial charge in [0.05, 0.1) is 5.88 Å². The van der Waals surface area contributed by atoms with Gasteiger partial charge in [-0.2, -0.15) is 0 Å². The molecule has 1 aromatic heterocycles. The van der Waals surface area contributed by atoms with E-state index in [4.69, 9.17) is 11.6 Å². The second-order valence-corrected chi connectivity index (χ2v) is 5.77. The molecule has 1 aromatic rings. The highest BCUT2D eigenvalue weighted by atomic mass is 35.5. The third-order valence-electron chi connectivity index (χ3n) is 3.48. The molecule has 0 amide bonds. The Morgan fingerprint density at radius 1 is 0.947 bits per heavy atom. The highest BCUT2D eigenvalue weighted by molar-refractivity contribution is 6.16. The number of unbranched alkanes of at least 4 members (excludes halogenated alkanes) is 6. The van der Waals surface area contributed by atoms with Crippen molar-refractivity contribution in [3.63, 3.8) is 0 Å². The van der Waals surface area contributed by atoms with Crippen LogP contribution >= 0.6 is 11.6 Å². The minimum atomic E-state index is 0.392. The predicted octanol–water partition coefficient (Wildman–Crippen LogP) is 4.89. The van der Waals surface area contributed by atoms with Gasteiger partial charge in [0.15, 0.2) is 0 Å². The molecule has 0 aliphatic heterocycles. The van der Waals surface area contributed by atoms with Crippen LogP contribution in [0, 0.1) is 0 Å². The van der Waals surface area contributed by atoms with E-state index in [0.717, 1.165) is 18.1 Å². The summed E-state index contributed by atoms with van der Waals surface area (Å²) in [6.45, 7) is 6.58. The lowest BCUT2D eigenvalue weighted by Crippen LogP contribution is -2.09. The van der Waals surface area contributed by atoms with E-state index in [-0.39, 0.29) is 0 Å². The molecule has 0 saturated heterocycles. The zero-order chi connectivity index (χ0) is 14.1. The van der Waals surface area contributed by atoms with Crippen molar-refractivity contribution in [1.82, 2.24) is 14.8 Å². The summed E-state index contributed by atoms with van der Waals surface area (Å²) in [7, 11) is 0. The number of alkyl halides is 1. The van der Waals surface area contributed by atoms with Gasteiger partial charge >= 0.3 is 0 Å². The minimum absolute atomic E-state index is 0.392. The molecule has 0 unspecified atom stereocenters. The van der Waals surface area contributed by atoms with Gasteiger partial charge in [-0.15, -0.1) is 21.8 Å². The molecule has 0 N–H and O–H groups in total. The number of rotatable bonds is 10. The van der Waals surface area contributed by atoms with E-state index in [1.165, 1.54) is 44.9 Å². The van der Waals surface area contributed by atoms with Crippen molar-refractivity contribution in [2.24, 2.45) is 0 Å². The van der Waals surface area contributed by atoms with Crippen molar-refractivity contribution in [3.8, 4) is 0 Å². The highest BCUT2D eigenvalue weighted by Gasteiger charge is 2.13. The van der Waals surface area contributed by atoms with Crippen LogP contribution in [0.1, 0.15) is 83.4 Å². The number of hydrogen-bond acceptors (Lipinski definition) is 2. The van der Waals surface area contributed by atoms with Gasteiger partial charge in [0.2, 0.25) is 0 Å². The molecule has 0 radical (unpaired) electrons. The van der Waals surface area contributed by atoms with Gasteiger partial charge in [-0.1, -0.05) is 45.4 Å². The summed E-state index contributed by atoms with van der Waals surface area (Å²) < 4.78 is 2.18. The Morgan fingerprint density at radius 2 is 1.53 bits per heavy atom. The molecule has 1 heterocycles. The summed E-state index contributed by atoms with van der Waals surface area (Å²) in [6, 6.07) is 0.392. The normalized spacial score (nSPS) is 11.4. The van der Waals surface area contributed by atoms with Gasteiger partial charge < -0.3 is 4.57 Å². The molecule has 0 aliphatic rings. The second-order valence-electron chi connectivity index (χ2n) is 5.50. The summed E-state index contributed by atoms with van der Waals surface area (Å²) in [5, 5.41) is 8.46. The average molecular weight is 286 g/mol. The first-order valence-corrected chi connectivity index (χ1v) is 8.22. The number of hydrogen-bond donors (Lipinski definition) is 0. The third-order valence-corrected chi connectivity index (χ3v) is 3.72. The van der Waals surface area contributed by atoms with Crippen molar-refractivity contribution < 1.29 is 0 Å². The molecule has 3 nitrogen and oxygen atoms in total. The Labute approximate surface area is 122 Å². The van der Waals surface area contributed by atoms with Crippen molar-refractivity contribution in [2.75, 3.05) is 0 Å². The first-order chi connectivity index (χ1) is 9.20. The second kappa shape index (κ2) is 9.35. The van der Waals surface area contributed by atoms with E-state index < -0.39 is 0 Å². The molecule has 4 heteroatoms. The number of aryl methyl sites for hydroxylation is 1. The fourth-order valence-corrected chi connectivity index (χ4v) is 2.64. The lowest BCUT2D eigenvalue weighted by atomic mass is 10.1. The van der Waals surface area contributed by atoms with Crippen molar-refractivity contribution in [1.29, 1.82) is 0 Å². The predicted molar refractivity (Wildman–Crippen MR) is 81.7 cm³/mol. The molecule has 1 rings (SSSR count). The summed E-state index contributed by atoms with van der Waals surface area (Å²) >= 11 is 5.90. The number of nitrogens with zero attached hydrogens (tertiary/aromatic N) is 3. The SMILES string of the molecule is CCCCCCCCCc1nnc(CCl)n1C(C)C. The van der Waals surface area contributed by atoms with Crippen molar-refractivity contribution >= 4 is 11.6 Å². The Bertz CT molecular complexity index is 347. The third kappa shape index (κ3) is 5.52. The maximum absolute atomic E-state index is 5.90. The van der Waals surface area contributed by atoms with Gasteiger partial charge in [-0.3, -0.25) is 0 Å². The monoisotopic (exact) mass is 285 g/mol. The maximum Gasteiger partial charge on any atom is 0.148 e. The molecule has 110 valence electrons. The molecule has 0 saturated carbocycles. The Kier molecular flexibility index (Phi) is 8.11. The average Bonchev–Trinajstić information content (AvgIpc) is 2.81. The summed E-state index contributed by atoms with van der Waals surface area (Å²) in [5.41, 5.74) is 0. The van der Waals surface area contributed by atoms with E-state index in [0.29, 0.717) is 11.9 Å². The molecule has 0 aliphatic carbocycles. The van der Waals surface area contributed by atoms with Crippen LogP contribution in [0.3, 0.4) is 0 Å². The molecular formula is C15H28ClN3. The molecule has 0 aromatic carbocycles. The van der Waals surface area contributed by atoms with Crippen molar-refractivity contribution in [3.05, 3.63) is 11.6 Å². The van der Waals surface area contributed by atoms with E-state index in [2.05, 4.69) is 35.5 Å². The van der Waals surface area contributed by atoms with E-state index in [1.807, 2.05) is 0 Å². The quantitative estimate of drug-likeness (QED) is 0.452. The lowest BCUT2D eigenvalue weighted by Gasteiger charge is -2.12. The van der Waals surface area contributed by atoms with Crippen LogP contribution < -0.4 is 0 Å². The zero-order valence-corrected chi connectivity index (χ0v) is 13.4. The van der Waals surface area contributed by atoms with Gasteiger partial charge in [0, 0.05) is 12.5 Å². The fraction of sp³-hybridized carbons (Fsp3) is 0.867. The molecular weight excluding hydrogens is 258 g/mol. The number of halogens is 1. The standard InChI is InChI=1S/C15H28ClN3/c1-4-5-6-7-8-9-10-11-14-17-18-15(12-16)19(14)13(2)3/h13H,4-12H2,1-3H3. The molecule has 0 fully saturated rings. The molecule has 0 spiro atoms. The van der Waals surface area contributed by atoms with Crippen LogP contribution in [0.2, 0.25) is 0 Å². The van der Waals surface area contributed by atoms with Crippen LogP contribution in [0.4, 0.5) is 0 Å². The highest BCUT2D eigenvalue weighted by Crippen LogP contribution is 2.16. The smallest absolute Gasteiger partial charge is 0.148 e. The van der Waals surface area contributed by atoms with Gasteiger partial charge in [-0.05, 0) is 20.3 Å². The van der Waals surface area contributed by atoms with Crippen LogP contribution in [-0.4, -0.2) is 14.8 Å². The summed E-state index contributed by atoms with van der Waals surface area (Å²) in [6.07, 6.45) is 10.3. The largest absolute Gasteiger partial charge is 0.311 e. The Hall–Kier alpha value is -0.570. The fourth-order valence-electron chi connectivity index (χ4n) is 2.46. The van der Waals surface area contributed by atoms with Crippen LogP contribution in [-0.2, 0) is 12.3 Å². The first kappa shape index (κ1) is 16.5. The molecule has 0 atom stereocenters. The topological polar surface area (TPSA) is 30.7 Å². The molecule has 0 bridgehead atoms. The summed E-state index contributed by atoms with van der Waals surface area (Å²) in [4.78, 5) is 0. The minimum Gasteiger partial charge on any atom is -0.311 e. The summed E-state index contributed by atoms with van der Waals surface area (Å²) in [5.74, 6) is 2.44. The van der Waals surface area contributed by atoms with Gasteiger partial charge in [-0.25, -0.2) is 0 Å². The van der Waals surface area contributed by atoms with Crippen molar-refractivity contribution in [2.45, 2.75) is 84.1 Å². The Balaban J connectivity index is 2.31. The zero-order valence-electron chi connectivity index (χ0n) is 12.7. The maximum atomic E-state index is 5.90. The first-order valence-electron chi connectivity index (χ1n) is 7.69. The number of aromatic nitrogens is 3. The van der Waals surface area contributed by atoms with Gasteiger partial charge in [0.25, 0.3) is 0 Å². The van der Waals surface area contributed by atoms with E-state index >= 15 is 0 Å². The van der Waals surface area contributed by atoms with Crippen LogP contribution in [0.5, 0.6) is 0 Å². The Morgan fingerprint density at radius 3 is 2.11 bits per heavy atom. The lowest BCUT2D eigenvalue weighted by molar-refractivity contribution is 0.532.